The van der Waals surface area contributed by atoms with Gasteiger partial charge in [0.15, 0.2) is 0 Å². The first kappa shape index (κ1) is 7.92. The monoisotopic (exact) mass is 117 g/mol. The molecule has 0 saturated heterocycles. The summed E-state index contributed by atoms with van der Waals surface area (Å²) in [5.74, 6) is 0. The lowest BCUT2D eigenvalue weighted by molar-refractivity contribution is 0.282. The summed E-state index contributed by atoms with van der Waals surface area (Å²) in [6.07, 6.45) is 2.97. The molecule has 0 radical (unpaired) electrons. The van der Waals surface area contributed by atoms with Crippen molar-refractivity contribution in [3.8, 4) is 0 Å². The van der Waals surface area contributed by atoms with Crippen molar-refractivity contribution in [3.05, 3.63) is 0 Å². The number of hydrogen-bond acceptors (Lipinski definition) is 2. The maximum Gasteiger partial charge on any atom is 0.0431 e. The summed E-state index contributed by atoms with van der Waals surface area (Å²) in [5.41, 5.74) is 5.45. The Morgan fingerprint density at radius 2 is 2.12 bits per heavy atom. The van der Waals surface area contributed by atoms with E-state index < -0.39 is 0 Å². The molecule has 2 nitrogen and oxygen atoms in total. The summed E-state index contributed by atoms with van der Waals surface area (Å²) in [6.45, 7) is 2.28. The van der Waals surface area contributed by atoms with Gasteiger partial charge < -0.3 is 10.8 Å². The molecule has 0 fully saturated rings. The van der Waals surface area contributed by atoms with Gasteiger partial charge in [0.1, 0.15) is 0 Å². The lowest BCUT2D eigenvalue weighted by Crippen LogP contribution is -2.14. The van der Waals surface area contributed by atoms with Crippen LogP contribution in [0.4, 0.5) is 0 Å². The largest absolute Gasteiger partial charge is 0.396 e. The van der Waals surface area contributed by atoms with Gasteiger partial charge in [-0.1, -0.05) is 0 Å². The molecule has 8 heavy (non-hydrogen) atoms. The Morgan fingerprint density at radius 3 is 2.50 bits per heavy atom. The van der Waals surface area contributed by atoms with E-state index in [0.29, 0.717) is 12.6 Å². The van der Waals surface area contributed by atoms with Gasteiger partial charge in [-0.25, -0.2) is 0 Å². The molecule has 0 aromatic carbocycles. The fourth-order valence-corrected chi connectivity index (χ4v) is 0.578. The van der Waals surface area contributed by atoms with Gasteiger partial charge in [-0.15, -0.1) is 0 Å². The molecule has 0 aliphatic carbocycles. The lowest BCUT2D eigenvalue weighted by Gasteiger charge is -2.00. The molecule has 0 aliphatic rings. The topological polar surface area (TPSA) is 46.2 Å². The van der Waals surface area contributed by atoms with Gasteiger partial charge in [-0.2, -0.15) is 0 Å². The van der Waals surface area contributed by atoms with Crippen LogP contribution >= 0.6 is 0 Å². The first-order chi connectivity index (χ1) is 3.77. The zero-order chi connectivity index (χ0) is 6.41. The third-order valence-corrected chi connectivity index (χ3v) is 1.07. The van der Waals surface area contributed by atoms with Crippen LogP contribution in [0, 0.1) is 0 Å². The Balaban J connectivity index is 2.72. The standard InChI is InChI=1S/C6H15NO/c1-6(7)4-2-3-5-8/h6,8H,2-5,7H2,1H3/t6-/m1/s1. The fraction of sp³-hybridized carbons (Fsp3) is 1.00. The van der Waals surface area contributed by atoms with Gasteiger partial charge >= 0.3 is 0 Å². The first-order valence-electron chi connectivity index (χ1n) is 3.14. The number of rotatable bonds is 4. The summed E-state index contributed by atoms with van der Waals surface area (Å²) < 4.78 is 0. The summed E-state index contributed by atoms with van der Waals surface area (Å²) in [6, 6.07) is 0.293. The van der Waals surface area contributed by atoms with Crippen LogP contribution in [-0.2, 0) is 0 Å². The predicted molar refractivity (Wildman–Crippen MR) is 34.6 cm³/mol. The highest BCUT2D eigenvalue weighted by Gasteiger charge is 1.91. The minimum atomic E-state index is 0.293. The fourth-order valence-electron chi connectivity index (χ4n) is 0.578. The second-order valence-electron chi connectivity index (χ2n) is 2.20. The highest BCUT2D eigenvalue weighted by molar-refractivity contribution is 4.51. The minimum absolute atomic E-state index is 0.293. The van der Waals surface area contributed by atoms with Gasteiger partial charge in [0.25, 0.3) is 0 Å². The van der Waals surface area contributed by atoms with Gasteiger partial charge in [-0.05, 0) is 26.2 Å². The van der Waals surface area contributed by atoms with Crippen molar-refractivity contribution < 1.29 is 5.11 Å². The summed E-state index contributed by atoms with van der Waals surface area (Å²) in [4.78, 5) is 0. The molecule has 1 atom stereocenters. The summed E-state index contributed by atoms with van der Waals surface area (Å²) in [7, 11) is 0. The summed E-state index contributed by atoms with van der Waals surface area (Å²) in [5, 5.41) is 8.34. The molecule has 2 heteroatoms. The van der Waals surface area contributed by atoms with E-state index in [1.165, 1.54) is 0 Å². The van der Waals surface area contributed by atoms with E-state index >= 15 is 0 Å². The van der Waals surface area contributed by atoms with E-state index in [2.05, 4.69) is 0 Å². The van der Waals surface area contributed by atoms with Crippen molar-refractivity contribution in [3.63, 3.8) is 0 Å². The third kappa shape index (κ3) is 5.92. The Kier molecular flexibility index (Phi) is 5.01. The molecule has 0 rings (SSSR count). The van der Waals surface area contributed by atoms with Gasteiger partial charge in [0.2, 0.25) is 0 Å². The van der Waals surface area contributed by atoms with E-state index in [4.69, 9.17) is 10.8 Å². The number of hydrogen-bond donors (Lipinski definition) is 2. The Labute approximate surface area is 50.7 Å². The molecule has 0 aromatic rings. The summed E-state index contributed by atoms with van der Waals surface area (Å²) >= 11 is 0. The third-order valence-electron chi connectivity index (χ3n) is 1.07. The second kappa shape index (κ2) is 5.06. The maximum atomic E-state index is 8.34. The SMILES string of the molecule is C[C@@H](N)CCCCO. The van der Waals surface area contributed by atoms with Crippen LogP contribution in [0.5, 0.6) is 0 Å². The molecule has 0 aromatic heterocycles. The van der Waals surface area contributed by atoms with E-state index in [1.807, 2.05) is 6.92 Å². The van der Waals surface area contributed by atoms with E-state index in [1.54, 1.807) is 0 Å². The van der Waals surface area contributed by atoms with E-state index in [-0.39, 0.29) is 0 Å². The molecule has 0 bridgehead atoms. The molecule has 0 saturated carbocycles. The van der Waals surface area contributed by atoms with Crippen LogP contribution in [0.15, 0.2) is 0 Å². The van der Waals surface area contributed by atoms with Crippen molar-refractivity contribution >= 4 is 0 Å². The molecule has 50 valence electrons. The number of aliphatic hydroxyl groups excluding tert-OH is 1. The molecule has 0 aliphatic heterocycles. The minimum Gasteiger partial charge on any atom is -0.396 e. The van der Waals surface area contributed by atoms with Crippen molar-refractivity contribution in [2.45, 2.75) is 32.2 Å². The van der Waals surface area contributed by atoms with Crippen LogP contribution in [0.3, 0.4) is 0 Å². The molecular formula is C6H15NO. The highest BCUT2D eigenvalue weighted by atomic mass is 16.2. The van der Waals surface area contributed by atoms with Crippen molar-refractivity contribution in [1.82, 2.24) is 0 Å². The molecule has 3 N–H and O–H groups in total. The van der Waals surface area contributed by atoms with E-state index in [9.17, 15) is 0 Å². The molecule has 0 amide bonds. The average Bonchev–Trinajstić information content (AvgIpc) is 1.66. The van der Waals surface area contributed by atoms with E-state index in [0.717, 1.165) is 19.3 Å². The highest BCUT2D eigenvalue weighted by Crippen LogP contribution is 1.95. The van der Waals surface area contributed by atoms with Gasteiger partial charge in [0.05, 0.1) is 0 Å². The zero-order valence-corrected chi connectivity index (χ0v) is 5.43. The van der Waals surface area contributed by atoms with Crippen LogP contribution < -0.4 is 5.73 Å². The van der Waals surface area contributed by atoms with Crippen molar-refractivity contribution in [1.29, 1.82) is 0 Å². The smallest absolute Gasteiger partial charge is 0.0431 e. The Morgan fingerprint density at radius 1 is 1.50 bits per heavy atom. The second-order valence-corrected chi connectivity index (χ2v) is 2.20. The number of unbranched alkanes of at least 4 members (excludes halogenated alkanes) is 1. The molecule has 0 spiro atoms. The molecular weight excluding hydrogens is 102 g/mol. The number of nitrogens with two attached hydrogens (primary N) is 1. The molecule has 0 heterocycles. The van der Waals surface area contributed by atoms with Crippen LogP contribution in [0.25, 0.3) is 0 Å². The van der Waals surface area contributed by atoms with Crippen LogP contribution in [0.2, 0.25) is 0 Å². The molecule has 0 unspecified atom stereocenters. The first-order valence-corrected chi connectivity index (χ1v) is 3.14. The Bertz CT molecular complexity index is 45.8. The van der Waals surface area contributed by atoms with Crippen molar-refractivity contribution in [2.75, 3.05) is 6.61 Å². The van der Waals surface area contributed by atoms with Gasteiger partial charge in [0, 0.05) is 12.6 Å². The maximum absolute atomic E-state index is 8.34. The van der Waals surface area contributed by atoms with Crippen LogP contribution in [0.1, 0.15) is 26.2 Å². The predicted octanol–water partition coefficient (Wildman–Crippen LogP) is 0.496. The normalized spacial score (nSPS) is 13.9. The van der Waals surface area contributed by atoms with Gasteiger partial charge in [-0.3, -0.25) is 0 Å². The zero-order valence-electron chi connectivity index (χ0n) is 5.43. The lowest BCUT2D eigenvalue weighted by atomic mass is 10.1. The number of aliphatic hydroxyl groups is 1. The average molecular weight is 117 g/mol. The van der Waals surface area contributed by atoms with Crippen molar-refractivity contribution in [2.24, 2.45) is 5.73 Å². The quantitative estimate of drug-likeness (QED) is 0.526. The van der Waals surface area contributed by atoms with Crippen LogP contribution in [-0.4, -0.2) is 17.8 Å². The Hall–Kier alpha value is -0.0800.